The monoisotopic (exact) mass is 684 g/mol. The second kappa shape index (κ2) is 14.5. The number of nitrogens with zero attached hydrogens (tertiary/aromatic N) is 4. The van der Waals surface area contributed by atoms with E-state index in [1.807, 2.05) is 58.3 Å². The van der Waals surface area contributed by atoms with E-state index < -0.39 is 30.1 Å². The summed E-state index contributed by atoms with van der Waals surface area (Å²) in [5.41, 5.74) is 4.94. The molecule has 0 saturated carbocycles. The highest BCUT2D eigenvalue weighted by Crippen LogP contribution is 2.47. The van der Waals surface area contributed by atoms with Crippen LogP contribution in [0.15, 0.2) is 47.3 Å². The van der Waals surface area contributed by atoms with Crippen LogP contribution in [-0.4, -0.2) is 94.3 Å². The molecular weight excluding hydrogens is 640 g/mol. The van der Waals surface area contributed by atoms with Crippen LogP contribution >= 0.6 is 15.9 Å². The molecule has 0 spiro atoms. The summed E-state index contributed by atoms with van der Waals surface area (Å²) in [6.07, 6.45) is 1.52. The lowest BCUT2D eigenvalue weighted by molar-refractivity contribution is -0.141. The van der Waals surface area contributed by atoms with Crippen molar-refractivity contribution in [2.75, 3.05) is 44.8 Å². The molecule has 0 aliphatic carbocycles. The van der Waals surface area contributed by atoms with Crippen LogP contribution in [-0.2, 0) is 4.79 Å². The van der Waals surface area contributed by atoms with Crippen LogP contribution < -0.4 is 14.4 Å². The van der Waals surface area contributed by atoms with Crippen LogP contribution in [0.4, 0.5) is 5.82 Å². The maximum Gasteiger partial charge on any atom is 0.253 e. The van der Waals surface area contributed by atoms with Gasteiger partial charge in [0.05, 0.1) is 32.9 Å². The maximum atomic E-state index is 12.6. The fraction of sp³-hybridized carbons (Fsp3) is 0.500. The number of aliphatic hydroxyl groups is 3. The summed E-state index contributed by atoms with van der Waals surface area (Å²) in [6, 6.07) is 9.93. The number of carbonyl (C=O) groups excluding carboxylic acids is 1. The molecular formula is C34H45BrN4O6. The number of anilines is 1. The second-order valence-corrected chi connectivity index (χ2v) is 13.2. The Morgan fingerprint density at radius 3 is 2.22 bits per heavy atom. The summed E-state index contributed by atoms with van der Waals surface area (Å²) in [5, 5.41) is 29.8. The van der Waals surface area contributed by atoms with Crippen LogP contribution in [0.2, 0.25) is 0 Å². The number of hydrogen-bond donors (Lipinski definition) is 3. The highest BCUT2D eigenvalue weighted by Gasteiger charge is 2.49. The third kappa shape index (κ3) is 7.77. The molecule has 5 rings (SSSR count). The number of aliphatic hydroxyl groups excluding tert-OH is 3. The number of benzene rings is 1. The number of aromatic nitrogens is 2. The van der Waals surface area contributed by atoms with Crippen LogP contribution in [0.5, 0.6) is 11.5 Å². The number of ether oxygens (including phenoxy) is 2. The Hall–Kier alpha value is -3.25. The van der Waals surface area contributed by atoms with E-state index in [4.69, 9.17) is 9.47 Å². The molecule has 2 aliphatic heterocycles. The number of methoxy groups -OCH3 is 1. The molecule has 0 unspecified atom stereocenters. The summed E-state index contributed by atoms with van der Waals surface area (Å²) >= 11 is 3.32. The molecule has 3 N–H and O–H groups in total. The summed E-state index contributed by atoms with van der Waals surface area (Å²) in [6.45, 7) is 13.2. The van der Waals surface area contributed by atoms with E-state index in [9.17, 15) is 20.1 Å². The second-order valence-electron chi connectivity index (χ2n) is 12.5. The smallest absolute Gasteiger partial charge is 0.253 e. The van der Waals surface area contributed by atoms with Crippen LogP contribution in [0.1, 0.15) is 47.6 Å². The molecule has 1 aromatic carbocycles. The highest BCUT2D eigenvalue weighted by molar-refractivity contribution is 9.10. The fourth-order valence-corrected chi connectivity index (χ4v) is 6.20. The minimum Gasteiger partial charge on any atom is -0.493 e. The Bertz CT molecular complexity index is 1500. The topological polar surface area (TPSA) is 128 Å². The van der Waals surface area contributed by atoms with E-state index in [1.165, 1.54) is 16.0 Å². The summed E-state index contributed by atoms with van der Waals surface area (Å²) < 4.78 is 12.8. The lowest BCUT2D eigenvalue weighted by Crippen LogP contribution is -2.54. The maximum absolute atomic E-state index is 12.6. The van der Waals surface area contributed by atoms with Crippen molar-refractivity contribution < 1.29 is 29.6 Å². The van der Waals surface area contributed by atoms with Crippen molar-refractivity contribution in [1.82, 2.24) is 14.9 Å². The zero-order valence-corrected chi connectivity index (χ0v) is 28.7. The van der Waals surface area contributed by atoms with E-state index >= 15 is 0 Å². The molecule has 3 aromatic rings. The van der Waals surface area contributed by atoms with Crippen LogP contribution in [0.25, 0.3) is 0 Å². The summed E-state index contributed by atoms with van der Waals surface area (Å²) in [4.78, 5) is 25.0. The lowest BCUT2D eigenvalue weighted by atomic mass is 9.72. The van der Waals surface area contributed by atoms with Gasteiger partial charge in [-0.2, -0.15) is 0 Å². The van der Waals surface area contributed by atoms with E-state index in [0.717, 1.165) is 27.1 Å². The average molecular weight is 686 g/mol. The predicted molar refractivity (Wildman–Crippen MR) is 177 cm³/mol. The van der Waals surface area contributed by atoms with Gasteiger partial charge in [0.25, 0.3) is 5.91 Å². The highest BCUT2D eigenvalue weighted by atomic mass is 79.9. The van der Waals surface area contributed by atoms with Crippen molar-refractivity contribution >= 4 is 27.7 Å². The van der Waals surface area contributed by atoms with Crippen LogP contribution in [0, 0.1) is 33.1 Å². The fourth-order valence-electron chi connectivity index (χ4n) is 5.99. The predicted octanol–water partition coefficient (Wildman–Crippen LogP) is 4.10. The van der Waals surface area contributed by atoms with E-state index in [1.54, 1.807) is 14.0 Å². The molecule has 11 heteroatoms. The SMILES string of the molecule is COc1ccc([C@@H]2CN(C(=O)[C@@H](O)CO)C[C@@]2(C)[C@@H](C)O)cc1OC1CN(c2ncc(C)cc2C)C1.Cc1cnc(Br)c(C)c1. The molecule has 4 atom stereocenters. The van der Waals surface area contributed by atoms with Crippen molar-refractivity contribution in [1.29, 1.82) is 0 Å². The van der Waals surface area contributed by atoms with Crippen molar-refractivity contribution in [3.05, 3.63) is 75.1 Å². The van der Waals surface area contributed by atoms with Gasteiger partial charge in [0.2, 0.25) is 0 Å². The zero-order valence-electron chi connectivity index (χ0n) is 27.1. The van der Waals surface area contributed by atoms with Gasteiger partial charge in [-0.05, 0) is 90.5 Å². The number of amides is 1. The number of halogens is 1. The standard InChI is InChI=1S/C27H37N3O6.C7H8BrN/c1-16-8-17(2)25(28-10-16)29-11-20(12-29)36-24-9-19(6-7-23(24)35-5)21-13-30(26(34)22(33)14-31)15-27(21,4)18(3)32;1-5-3-6(2)7(8)9-4-5/h6-10,18,20-22,31-33H,11-15H2,1-5H3;3-4H,1-2H3/t18-,21+,22+,27+;/m1./s1. The van der Waals surface area contributed by atoms with Gasteiger partial charge >= 0.3 is 0 Å². The molecule has 2 saturated heterocycles. The van der Waals surface area contributed by atoms with Gasteiger partial charge in [-0.3, -0.25) is 4.79 Å². The first-order valence-electron chi connectivity index (χ1n) is 15.1. The molecule has 2 aliphatic rings. The van der Waals surface area contributed by atoms with E-state index in [0.29, 0.717) is 31.1 Å². The Morgan fingerprint density at radius 2 is 1.67 bits per heavy atom. The number of aryl methyl sites for hydroxylation is 4. The number of carbonyl (C=O) groups is 1. The first-order valence-corrected chi connectivity index (χ1v) is 15.9. The molecule has 45 heavy (non-hydrogen) atoms. The molecule has 244 valence electrons. The molecule has 0 bridgehead atoms. The molecule has 1 amide bonds. The first-order chi connectivity index (χ1) is 21.3. The Labute approximate surface area is 274 Å². The Morgan fingerprint density at radius 1 is 1.02 bits per heavy atom. The third-order valence-corrected chi connectivity index (χ3v) is 9.65. The van der Waals surface area contributed by atoms with Crippen molar-refractivity contribution in [3.63, 3.8) is 0 Å². The zero-order chi connectivity index (χ0) is 33.1. The van der Waals surface area contributed by atoms with Crippen molar-refractivity contribution in [3.8, 4) is 11.5 Å². The van der Waals surface area contributed by atoms with Gasteiger partial charge in [0.1, 0.15) is 16.5 Å². The largest absolute Gasteiger partial charge is 0.493 e. The van der Waals surface area contributed by atoms with Gasteiger partial charge in [0, 0.05) is 36.8 Å². The first kappa shape index (κ1) is 34.6. The number of likely N-dealkylation sites (tertiary alicyclic amines) is 1. The van der Waals surface area contributed by atoms with Crippen molar-refractivity contribution in [2.24, 2.45) is 5.41 Å². The Kier molecular flexibility index (Phi) is 11.1. The number of hydrogen-bond acceptors (Lipinski definition) is 9. The van der Waals surface area contributed by atoms with Gasteiger partial charge in [-0.25, -0.2) is 9.97 Å². The van der Waals surface area contributed by atoms with Crippen molar-refractivity contribution in [2.45, 2.75) is 65.8 Å². The van der Waals surface area contributed by atoms with E-state index in [-0.39, 0.29) is 18.6 Å². The van der Waals surface area contributed by atoms with E-state index in [2.05, 4.69) is 49.9 Å². The third-order valence-electron chi connectivity index (χ3n) is 8.82. The summed E-state index contributed by atoms with van der Waals surface area (Å²) in [7, 11) is 1.60. The normalized spacial score (nSPS) is 21.0. The Balaban J connectivity index is 0.000000440. The molecule has 2 aromatic heterocycles. The molecule has 10 nitrogen and oxygen atoms in total. The average Bonchev–Trinajstić information content (AvgIpc) is 3.35. The summed E-state index contributed by atoms with van der Waals surface area (Å²) in [5.74, 6) is 1.46. The van der Waals surface area contributed by atoms with Gasteiger partial charge in [-0.1, -0.05) is 25.1 Å². The molecule has 0 radical (unpaired) electrons. The van der Waals surface area contributed by atoms with Gasteiger partial charge < -0.3 is 34.6 Å². The molecule has 2 fully saturated rings. The number of pyridine rings is 2. The van der Waals surface area contributed by atoms with Gasteiger partial charge in [-0.15, -0.1) is 0 Å². The number of rotatable bonds is 8. The van der Waals surface area contributed by atoms with Gasteiger partial charge in [0.15, 0.2) is 17.6 Å². The minimum absolute atomic E-state index is 0.0267. The quantitative estimate of drug-likeness (QED) is 0.301. The minimum atomic E-state index is -1.47. The lowest BCUT2D eigenvalue weighted by Gasteiger charge is -2.40. The van der Waals surface area contributed by atoms with Crippen LogP contribution in [0.3, 0.4) is 0 Å². The molecule has 4 heterocycles.